The minimum atomic E-state index is -0.0186. The van der Waals surface area contributed by atoms with E-state index in [2.05, 4.69) is 0 Å². The molecule has 0 bridgehead atoms. The van der Waals surface area contributed by atoms with Crippen molar-refractivity contribution in [1.82, 2.24) is 9.88 Å². The monoisotopic (exact) mass is 372 g/mol. The normalized spacial score (nSPS) is 10.9. The van der Waals surface area contributed by atoms with Crippen LogP contribution in [0.5, 0.6) is 0 Å². The molecule has 3 nitrogen and oxygen atoms in total. The van der Waals surface area contributed by atoms with Crippen LogP contribution < -0.4 is 0 Å². The van der Waals surface area contributed by atoms with Crippen molar-refractivity contribution in [2.75, 3.05) is 13.1 Å². The molecule has 0 unspecified atom stereocenters. The van der Waals surface area contributed by atoms with E-state index < -0.39 is 0 Å². The van der Waals surface area contributed by atoms with Crippen molar-refractivity contribution in [3.05, 3.63) is 64.1 Å². The quantitative estimate of drug-likeness (QED) is 0.589. The Kier molecular flexibility index (Phi) is 5.26. The smallest absolute Gasteiger partial charge is 0.254 e. The van der Waals surface area contributed by atoms with E-state index >= 15 is 0 Å². The van der Waals surface area contributed by atoms with Gasteiger partial charge in [-0.05, 0) is 50.2 Å². The van der Waals surface area contributed by atoms with Gasteiger partial charge in [-0.15, -0.1) is 0 Å². The van der Waals surface area contributed by atoms with Crippen molar-refractivity contribution in [2.24, 2.45) is 0 Å². The van der Waals surface area contributed by atoms with Gasteiger partial charge in [0, 0.05) is 34.1 Å². The van der Waals surface area contributed by atoms with Crippen molar-refractivity contribution in [3.63, 3.8) is 0 Å². The van der Waals surface area contributed by atoms with Crippen molar-refractivity contribution in [2.45, 2.75) is 13.8 Å². The molecule has 0 spiro atoms. The Hall–Kier alpha value is -2.10. The van der Waals surface area contributed by atoms with E-state index in [1.54, 1.807) is 17.0 Å². The molecule has 1 amide bonds. The lowest BCUT2D eigenvalue weighted by Crippen LogP contribution is -2.30. The minimum absolute atomic E-state index is 0.0186. The lowest BCUT2D eigenvalue weighted by molar-refractivity contribution is 0.0775. The molecule has 5 heteroatoms. The lowest BCUT2D eigenvalue weighted by atomic mass is 10.0. The van der Waals surface area contributed by atoms with Crippen LogP contribution >= 0.6 is 23.2 Å². The largest absolute Gasteiger partial charge is 0.339 e. The second kappa shape index (κ2) is 7.42. The number of rotatable bonds is 4. The molecule has 0 N–H and O–H groups in total. The maximum absolute atomic E-state index is 13.0. The van der Waals surface area contributed by atoms with Crippen LogP contribution in [0.4, 0.5) is 0 Å². The summed E-state index contributed by atoms with van der Waals surface area (Å²) in [4.78, 5) is 19.5. The predicted octanol–water partition coefficient (Wildman–Crippen LogP) is 5.69. The van der Waals surface area contributed by atoms with E-state index in [0.29, 0.717) is 28.7 Å². The highest BCUT2D eigenvalue weighted by Crippen LogP contribution is 2.28. The Morgan fingerprint density at radius 2 is 1.60 bits per heavy atom. The highest BCUT2D eigenvalue weighted by Gasteiger charge is 2.18. The van der Waals surface area contributed by atoms with Crippen molar-refractivity contribution >= 4 is 40.0 Å². The van der Waals surface area contributed by atoms with Crippen molar-refractivity contribution in [1.29, 1.82) is 0 Å². The summed E-state index contributed by atoms with van der Waals surface area (Å²) in [5.41, 5.74) is 3.00. The van der Waals surface area contributed by atoms with Gasteiger partial charge in [-0.1, -0.05) is 35.3 Å². The van der Waals surface area contributed by atoms with Gasteiger partial charge in [0.15, 0.2) is 0 Å². The standard InChI is InChI=1S/C20H18Cl2N2O/c1-3-24(4-2)20(25)17-12-19(13-5-7-14(21)8-6-13)23-18-10-9-15(22)11-16(17)18/h5-12H,3-4H2,1-2H3. The number of pyridine rings is 1. The van der Waals surface area contributed by atoms with Crippen LogP contribution in [0.3, 0.4) is 0 Å². The van der Waals surface area contributed by atoms with Crippen molar-refractivity contribution < 1.29 is 4.79 Å². The number of nitrogens with zero attached hydrogens (tertiary/aromatic N) is 2. The van der Waals surface area contributed by atoms with Crippen LogP contribution in [0.1, 0.15) is 24.2 Å². The van der Waals surface area contributed by atoms with Crippen LogP contribution in [0.2, 0.25) is 10.0 Å². The SMILES string of the molecule is CCN(CC)C(=O)c1cc(-c2ccc(Cl)cc2)nc2ccc(Cl)cc12. The van der Waals surface area contributed by atoms with Gasteiger partial charge in [0.1, 0.15) is 0 Å². The molecule has 3 aromatic rings. The summed E-state index contributed by atoms with van der Waals surface area (Å²) in [6.07, 6.45) is 0. The van der Waals surface area contributed by atoms with Gasteiger partial charge in [0.25, 0.3) is 5.91 Å². The van der Waals surface area contributed by atoms with E-state index in [4.69, 9.17) is 28.2 Å². The summed E-state index contributed by atoms with van der Waals surface area (Å²) >= 11 is 12.1. The number of hydrogen-bond donors (Lipinski definition) is 0. The van der Waals surface area contributed by atoms with Gasteiger partial charge in [0.2, 0.25) is 0 Å². The molecule has 1 heterocycles. The van der Waals surface area contributed by atoms with E-state index in [-0.39, 0.29) is 5.91 Å². The first kappa shape index (κ1) is 17.7. The summed E-state index contributed by atoms with van der Waals surface area (Å²) in [7, 11) is 0. The van der Waals surface area contributed by atoms with E-state index in [9.17, 15) is 4.79 Å². The molecule has 0 saturated heterocycles. The van der Waals surface area contributed by atoms with Gasteiger partial charge in [-0.3, -0.25) is 4.79 Å². The molecule has 128 valence electrons. The predicted molar refractivity (Wildman–Crippen MR) is 104 cm³/mol. The molecule has 2 aromatic carbocycles. The number of fused-ring (bicyclic) bond motifs is 1. The number of halogens is 2. The van der Waals surface area contributed by atoms with Crippen LogP contribution in [0.15, 0.2) is 48.5 Å². The first-order valence-corrected chi connectivity index (χ1v) is 8.94. The summed E-state index contributed by atoms with van der Waals surface area (Å²) < 4.78 is 0. The summed E-state index contributed by atoms with van der Waals surface area (Å²) in [5.74, 6) is -0.0186. The Labute approximate surface area is 157 Å². The summed E-state index contributed by atoms with van der Waals surface area (Å²) in [6, 6.07) is 14.7. The summed E-state index contributed by atoms with van der Waals surface area (Å²) in [6.45, 7) is 5.24. The third-order valence-corrected chi connectivity index (χ3v) is 4.68. The zero-order chi connectivity index (χ0) is 18.0. The van der Waals surface area contributed by atoms with Gasteiger partial charge in [-0.2, -0.15) is 0 Å². The van der Waals surface area contributed by atoms with Crippen LogP contribution in [-0.4, -0.2) is 28.9 Å². The van der Waals surface area contributed by atoms with E-state index in [0.717, 1.165) is 22.2 Å². The van der Waals surface area contributed by atoms with E-state index in [1.165, 1.54) is 0 Å². The maximum atomic E-state index is 13.0. The highest BCUT2D eigenvalue weighted by atomic mass is 35.5. The molecule has 0 atom stereocenters. The molecule has 0 aliphatic rings. The fraction of sp³-hybridized carbons (Fsp3) is 0.200. The van der Waals surface area contributed by atoms with Gasteiger partial charge < -0.3 is 4.90 Å². The van der Waals surface area contributed by atoms with Crippen molar-refractivity contribution in [3.8, 4) is 11.3 Å². The van der Waals surface area contributed by atoms with E-state index in [1.807, 2.05) is 50.2 Å². The first-order chi connectivity index (χ1) is 12.0. The first-order valence-electron chi connectivity index (χ1n) is 8.19. The Balaban J connectivity index is 2.23. The number of hydrogen-bond acceptors (Lipinski definition) is 2. The Morgan fingerprint density at radius 1 is 0.960 bits per heavy atom. The third-order valence-electron chi connectivity index (χ3n) is 4.19. The fourth-order valence-electron chi connectivity index (χ4n) is 2.82. The molecular formula is C20H18Cl2N2O. The second-order valence-corrected chi connectivity index (χ2v) is 6.57. The average molecular weight is 373 g/mol. The van der Waals surface area contributed by atoms with Crippen LogP contribution in [0, 0.1) is 0 Å². The van der Waals surface area contributed by atoms with Gasteiger partial charge >= 0.3 is 0 Å². The number of benzene rings is 2. The molecular weight excluding hydrogens is 355 g/mol. The molecule has 25 heavy (non-hydrogen) atoms. The third kappa shape index (κ3) is 3.63. The molecule has 3 rings (SSSR count). The lowest BCUT2D eigenvalue weighted by Gasteiger charge is -2.20. The number of amides is 1. The number of aromatic nitrogens is 1. The van der Waals surface area contributed by atoms with Crippen LogP contribution in [0.25, 0.3) is 22.2 Å². The Morgan fingerprint density at radius 3 is 2.24 bits per heavy atom. The highest BCUT2D eigenvalue weighted by molar-refractivity contribution is 6.31. The maximum Gasteiger partial charge on any atom is 0.254 e. The van der Waals surface area contributed by atoms with Gasteiger partial charge in [0.05, 0.1) is 16.8 Å². The topological polar surface area (TPSA) is 33.2 Å². The molecule has 0 radical (unpaired) electrons. The Bertz CT molecular complexity index is 919. The zero-order valence-corrected chi connectivity index (χ0v) is 15.6. The van der Waals surface area contributed by atoms with Gasteiger partial charge in [-0.25, -0.2) is 4.98 Å². The zero-order valence-electron chi connectivity index (χ0n) is 14.1. The molecule has 0 aliphatic carbocycles. The second-order valence-electron chi connectivity index (χ2n) is 5.70. The molecule has 0 fully saturated rings. The summed E-state index contributed by atoms with van der Waals surface area (Å²) in [5, 5.41) is 2.01. The number of carbonyl (C=O) groups is 1. The molecule has 0 saturated carbocycles. The average Bonchev–Trinajstić information content (AvgIpc) is 2.62. The minimum Gasteiger partial charge on any atom is -0.339 e. The van der Waals surface area contributed by atoms with Crippen LogP contribution in [-0.2, 0) is 0 Å². The number of carbonyl (C=O) groups excluding carboxylic acids is 1. The molecule has 0 aliphatic heterocycles. The molecule has 1 aromatic heterocycles. The fourth-order valence-corrected chi connectivity index (χ4v) is 3.12.